The Hall–Kier alpha value is -3.92. The second-order valence-corrected chi connectivity index (χ2v) is 9.27. The normalized spacial score (nSPS) is 11.3. The van der Waals surface area contributed by atoms with Crippen molar-refractivity contribution in [1.29, 1.82) is 0 Å². The van der Waals surface area contributed by atoms with E-state index in [1.807, 2.05) is 12.1 Å². The highest BCUT2D eigenvalue weighted by atomic mass is 32.2. The fourth-order valence-electron chi connectivity index (χ4n) is 3.67. The van der Waals surface area contributed by atoms with Gasteiger partial charge in [-0.05, 0) is 53.9 Å². The Morgan fingerprint density at radius 3 is 2.23 bits per heavy atom. The standard InChI is InChI=1S/C25H22F2N2O5S/c1-32-23-12-17(5-6-19(23)26)35(30,31)29-21-7-4-15(11-20(21)27)10-16-8-9-28-22-14-25(34-3)24(33-2)13-18(16)22/h4-9,11-14,29H,10H2,1-3H3. The molecule has 0 radical (unpaired) electrons. The molecule has 0 aliphatic heterocycles. The van der Waals surface area contributed by atoms with Gasteiger partial charge in [-0.2, -0.15) is 0 Å². The molecule has 0 fully saturated rings. The molecule has 1 aromatic heterocycles. The quantitative estimate of drug-likeness (QED) is 0.369. The van der Waals surface area contributed by atoms with Gasteiger partial charge in [-0.1, -0.05) is 6.07 Å². The average molecular weight is 501 g/mol. The molecule has 0 saturated carbocycles. The first-order chi connectivity index (χ1) is 16.7. The van der Waals surface area contributed by atoms with E-state index in [4.69, 9.17) is 14.2 Å². The Bertz CT molecular complexity index is 1510. The van der Waals surface area contributed by atoms with Crippen LogP contribution in [0.5, 0.6) is 17.2 Å². The second kappa shape index (κ2) is 9.75. The number of fused-ring (bicyclic) bond motifs is 1. The zero-order valence-corrected chi connectivity index (χ0v) is 19.9. The summed E-state index contributed by atoms with van der Waals surface area (Å²) in [5.41, 5.74) is 1.96. The molecular formula is C25H22F2N2O5S. The summed E-state index contributed by atoms with van der Waals surface area (Å²) < 4.78 is 71.6. The van der Waals surface area contributed by atoms with Gasteiger partial charge in [0.05, 0.1) is 37.4 Å². The monoisotopic (exact) mass is 500 g/mol. The number of pyridine rings is 1. The summed E-state index contributed by atoms with van der Waals surface area (Å²) in [5, 5.41) is 0.820. The van der Waals surface area contributed by atoms with E-state index < -0.39 is 21.7 Å². The van der Waals surface area contributed by atoms with Crippen LogP contribution in [0.25, 0.3) is 10.9 Å². The number of aromatic nitrogens is 1. The van der Waals surface area contributed by atoms with Crippen molar-refractivity contribution in [3.63, 3.8) is 0 Å². The predicted molar refractivity (Wildman–Crippen MR) is 128 cm³/mol. The first-order valence-electron chi connectivity index (χ1n) is 10.4. The third-order valence-corrected chi connectivity index (χ3v) is 6.81. The Morgan fingerprint density at radius 1 is 0.829 bits per heavy atom. The molecule has 35 heavy (non-hydrogen) atoms. The molecule has 182 valence electrons. The number of halogens is 2. The summed E-state index contributed by atoms with van der Waals surface area (Å²) in [7, 11) is 0.130. The number of sulfonamides is 1. The van der Waals surface area contributed by atoms with E-state index in [1.54, 1.807) is 25.4 Å². The fourth-order valence-corrected chi connectivity index (χ4v) is 4.75. The van der Waals surface area contributed by atoms with Crippen molar-refractivity contribution < 1.29 is 31.4 Å². The maximum absolute atomic E-state index is 14.9. The largest absolute Gasteiger partial charge is 0.494 e. The van der Waals surface area contributed by atoms with Gasteiger partial charge < -0.3 is 14.2 Å². The van der Waals surface area contributed by atoms with Crippen LogP contribution < -0.4 is 18.9 Å². The lowest BCUT2D eigenvalue weighted by molar-refractivity contribution is 0.356. The zero-order chi connectivity index (χ0) is 25.2. The van der Waals surface area contributed by atoms with Gasteiger partial charge in [0, 0.05) is 23.7 Å². The summed E-state index contributed by atoms with van der Waals surface area (Å²) in [6.45, 7) is 0. The molecular weight excluding hydrogens is 478 g/mol. The van der Waals surface area contributed by atoms with Crippen molar-refractivity contribution in [1.82, 2.24) is 4.98 Å². The van der Waals surface area contributed by atoms with Gasteiger partial charge in [-0.3, -0.25) is 9.71 Å². The van der Waals surface area contributed by atoms with E-state index in [9.17, 15) is 17.2 Å². The lowest BCUT2D eigenvalue weighted by atomic mass is 10.0. The number of anilines is 1. The molecule has 10 heteroatoms. The molecule has 0 aliphatic rings. The molecule has 0 spiro atoms. The van der Waals surface area contributed by atoms with Crippen LogP contribution in [0.4, 0.5) is 14.5 Å². The minimum atomic E-state index is -4.17. The van der Waals surface area contributed by atoms with Crippen LogP contribution in [0.15, 0.2) is 65.7 Å². The predicted octanol–water partition coefficient (Wildman–Crippen LogP) is 4.93. The van der Waals surface area contributed by atoms with E-state index in [0.29, 0.717) is 29.0 Å². The number of ether oxygens (including phenoxy) is 3. The Balaban J connectivity index is 1.61. The van der Waals surface area contributed by atoms with Gasteiger partial charge in [0.2, 0.25) is 0 Å². The third kappa shape index (κ3) is 4.97. The van der Waals surface area contributed by atoms with E-state index in [-0.39, 0.29) is 16.3 Å². The number of methoxy groups -OCH3 is 3. The van der Waals surface area contributed by atoms with Crippen LogP contribution in [0.2, 0.25) is 0 Å². The third-order valence-electron chi connectivity index (χ3n) is 5.44. The van der Waals surface area contributed by atoms with Crippen molar-refractivity contribution in [3.05, 3.63) is 83.6 Å². The van der Waals surface area contributed by atoms with Crippen molar-refractivity contribution >= 4 is 26.6 Å². The molecule has 0 saturated heterocycles. The first kappa shape index (κ1) is 24.2. The fraction of sp³-hybridized carbons (Fsp3) is 0.160. The minimum absolute atomic E-state index is 0.233. The van der Waals surface area contributed by atoms with Gasteiger partial charge in [0.1, 0.15) is 5.82 Å². The van der Waals surface area contributed by atoms with E-state index >= 15 is 0 Å². The SMILES string of the molecule is COc1cc(S(=O)(=O)Nc2ccc(Cc3ccnc4cc(OC)c(OC)cc34)cc2F)ccc1F. The zero-order valence-electron chi connectivity index (χ0n) is 19.1. The Labute approximate surface area is 201 Å². The highest BCUT2D eigenvalue weighted by Crippen LogP contribution is 2.33. The van der Waals surface area contributed by atoms with Crippen LogP contribution >= 0.6 is 0 Å². The molecule has 7 nitrogen and oxygen atoms in total. The van der Waals surface area contributed by atoms with E-state index in [0.717, 1.165) is 29.1 Å². The summed E-state index contributed by atoms with van der Waals surface area (Å²) in [4.78, 5) is 4.11. The van der Waals surface area contributed by atoms with Gasteiger partial charge in [-0.15, -0.1) is 0 Å². The number of nitrogens with zero attached hydrogens (tertiary/aromatic N) is 1. The maximum atomic E-state index is 14.9. The van der Waals surface area contributed by atoms with Crippen LogP contribution in [0.3, 0.4) is 0 Å². The van der Waals surface area contributed by atoms with Gasteiger partial charge in [0.25, 0.3) is 10.0 Å². The van der Waals surface area contributed by atoms with Crippen molar-refractivity contribution in [2.24, 2.45) is 0 Å². The average Bonchev–Trinajstić information content (AvgIpc) is 2.85. The molecule has 0 amide bonds. The Kier molecular flexibility index (Phi) is 6.74. The summed E-state index contributed by atoms with van der Waals surface area (Å²) in [6.07, 6.45) is 2.02. The number of benzene rings is 3. The Morgan fingerprint density at radius 2 is 1.54 bits per heavy atom. The number of hydrogen-bond donors (Lipinski definition) is 1. The summed E-state index contributed by atoms with van der Waals surface area (Å²) in [5.74, 6) is -0.601. The smallest absolute Gasteiger partial charge is 0.262 e. The molecule has 1 N–H and O–H groups in total. The van der Waals surface area contributed by atoms with Gasteiger partial charge in [-0.25, -0.2) is 17.2 Å². The van der Waals surface area contributed by atoms with Crippen LogP contribution in [0, 0.1) is 11.6 Å². The number of nitrogens with one attached hydrogen (secondary N) is 1. The van der Waals surface area contributed by atoms with E-state index in [1.165, 1.54) is 26.4 Å². The van der Waals surface area contributed by atoms with Crippen molar-refractivity contribution in [2.75, 3.05) is 26.1 Å². The number of rotatable bonds is 8. The molecule has 4 rings (SSSR count). The van der Waals surface area contributed by atoms with Gasteiger partial charge in [0.15, 0.2) is 23.1 Å². The molecule has 0 aliphatic carbocycles. The summed E-state index contributed by atoms with van der Waals surface area (Å²) in [6, 6.07) is 12.7. The van der Waals surface area contributed by atoms with Crippen LogP contribution in [0.1, 0.15) is 11.1 Å². The molecule has 0 unspecified atom stereocenters. The molecule has 0 atom stereocenters. The molecule has 0 bridgehead atoms. The minimum Gasteiger partial charge on any atom is -0.494 e. The molecule has 4 aromatic rings. The highest BCUT2D eigenvalue weighted by molar-refractivity contribution is 7.92. The van der Waals surface area contributed by atoms with E-state index in [2.05, 4.69) is 9.71 Å². The van der Waals surface area contributed by atoms with Crippen LogP contribution in [-0.2, 0) is 16.4 Å². The topological polar surface area (TPSA) is 86.8 Å². The molecule has 1 heterocycles. The highest BCUT2D eigenvalue weighted by Gasteiger charge is 2.19. The van der Waals surface area contributed by atoms with Crippen LogP contribution in [-0.4, -0.2) is 34.7 Å². The summed E-state index contributed by atoms with van der Waals surface area (Å²) >= 11 is 0. The molecule has 3 aromatic carbocycles. The maximum Gasteiger partial charge on any atom is 0.262 e. The number of hydrogen-bond acceptors (Lipinski definition) is 6. The van der Waals surface area contributed by atoms with Crippen molar-refractivity contribution in [2.45, 2.75) is 11.3 Å². The first-order valence-corrected chi connectivity index (χ1v) is 11.9. The van der Waals surface area contributed by atoms with Crippen molar-refractivity contribution in [3.8, 4) is 17.2 Å². The lowest BCUT2D eigenvalue weighted by Gasteiger charge is -2.13. The van der Waals surface area contributed by atoms with Gasteiger partial charge >= 0.3 is 0 Å². The second-order valence-electron chi connectivity index (χ2n) is 7.59. The lowest BCUT2D eigenvalue weighted by Crippen LogP contribution is -2.14.